The van der Waals surface area contributed by atoms with E-state index in [2.05, 4.69) is 34.2 Å². The van der Waals surface area contributed by atoms with E-state index in [0.29, 0.717) is 0 Å². The Morgan fingerprint density at radius 2 is 1.18 bits per heavy atom. The Labute approximate surface area is 352 Å². The Bertz CT molecular complexity index is 3070. The molecule has 3 heterocycles. The van der Waals surface area contributed by atoms with Crippen molar-refractivity contribution in [3.8, 4) is 22.9 Å². The van der Waals surface area contributed by atoms with E-state index < -0.39 is 25.7 Å². The molecule has 0 atom stereocenters. The van der Waals surface area contributed by atoms with Gasteiger partial charge in [-0.15, -0.1) is 0 Å². The van der Waals surface area contributed by atoms with Crippen LogP contribution in [0.5, 0.6) is 0 Å². The van der Waals surface area contributed by atoms with Crippen molar-refractivity contribution in [2.75, 3.05) is 0 Å². The fraction of sp³-hybridized carbons (Fsp3) is 0.136. The summed E-state index contributed by atoms with van der Waals surface area (Å²) in [6.45, 7) is 7.45. The summed E-state index contributed by atoms with van der Waals surface area (Å²) in [5.41, 5.74) is 8.12. The van der Waals surface area contributed by atoms with E-state index in [1.54, 1.807) is 46.6 Å². The largest absolute Gasteiger partial charge is 0.412 e. The van der Waals surface area contributed by atoms with Gasteiger partial charge in [0.15, 0.2) is 0 Å². The number of rotatable bonds is 5. The zero-order valence-electron chi connectivity index (χ0n) is 33.7. The highest BCUT2D eigenvalue weighted by molar-refractivity contribution is 7.86. The Balaban J connectivity index is 0.000000328. The molecule has 61 heavy (non-hydrogen) atoms. The summed E-state index contributed by atoms with van der Waals surface area (Å²) < 4.78 is 62.5. The van der Waals surface area contributed by atoms with Crippen LogP contribution in [0.2, 0.25) is 0 Å². The maximum atomic E-state index is 13.4. The van der Waals surface area contributed by atoms with Crippen molar-refractivity contribution < 1.29 is 42.4 Å². The molecule has 8 N–H and O–H groups in total. The quantitative estimate of drug-likeness (QED) is 0.193. The van der Waals surface area contributed by atoms with Crippen LogP contribution in [0.25, 0.3) is 49.7 Å². The minimum atomic E-state index is -4.02. The number of aromatic nitrogens is 4. The van der Waals surface area contributed by atoms with Crippen molar-refractivity contribution in [3.05, 3.63) is 161 Å². The van der Waals surface area contributed by atoms with Gasteiger partial charge in [0, 0.05) is 29.6 Å². The molecule has 0 bridgehead atoms. The van der Waals surface area contributed by atoms with Crippen molar-refractivity contribution in [1.29, 1.82) is 5.26 Å². The zero-order chi connectivity index (χ0) is 42.0. The summed E-state index contributed by atoms with van der Waals surface area (Å²) in [6.07, 6.45) is 3.63. The fourth-order valence-corrected chi connectivity index (χ4v) is 7.12. The second kappa shape index (κ2) is 19.2. The summed E-state index contributed by atoms with van der Waals surface area (Å²) in [4.78, 5) is 22.5. The van der Waals surface area contributed by atoms with Crippen LogP contribution in [0.3, 0.4) is 0 Å². The standard InChI is InChI=1S/C30H23N5O.2C7H8O3S.3H2O/c1-30(2,18-31)22-9-11-23(12-10-22)35-28-24-15-19(21-14-20-6-4-5-7-25(20)32-16-21)8-13-26(24)33-17-27(28)34(3)29(35)36;2*1-6-2-4-7(5-3-6)11(8,9)10;;;/h4-17H,1-3H3;2*2-5H,1H3,(H,8,9,10);3*1H2. The molecule has 3 aromatic heterocycles. The molecule has 0 saturated heterocycles. The highest BCUT2D eigenvalue weighted by atomic mass is 32.2. The van der Waals surface area contributed by atoms with Crippen LogP contribution in [0.15, 0.2) is 148 Å². The lowest BCUT2D eigenvalue weighted by Gasteiger charge is -2.16. The number of imidazole rings is 1. The number of pyridine rings is 2. The van der Waals surface area contributed by atoms with Crippen LogP contribution in [-0.2, 0) is 32.7 Å². The number of benzene rings is 5. The average molecular weight is 868 g/mol. The summed E-state index contributed by atoms with van der Waals surface area (Å²) >= 11 is 0. The minimum Gasteiger partial charge on any atom is -0.412 e. The second-order valence-corrected chi connectivity index (χ2v) is 17.0. The molecule has 0 aliphatic rings. The number of hydrogen-bond acceptors (Lipinski definition) is 8. The third-order valence-electron chi connectivity index (χ3n) is 9.57. The predicted octanol–water partition coefficient (Wildman–Crippen LogP) is 5.90. The van der Waals surface area contributed by atoms with Gasteiger partial charge in [0.05, 0.1) is 55.2 Å². The van der Waals surface area contributed by atoms with Crippen molar-refractivity contribution >= 4 is 53.1 Å². The Morgan fingerprint density at radius 1 is 0.656 bits per heavy atom. The van der Waals surface area contributed by atoms with E-state index in [-0.39, 0.29) is 31.9 Å². The first kappa shape index (κ1) is 48.7. The van der Waals surface area contributed by atoms with Crippen molar-refractivity contribution in [3.63, 3.8) is 0 Å². The Kier molecular flexibility index (Phi) is 15.3. The van der Waals surface area contributed by atoms with Crippen LogP contribution >= 0.6 is 0 Å². The molecule has 0 amide bonds. The molecule has 17 heteroatoms. The molecule has 0 aliphatic heterocycles. The smallest absolute Gasteiger partial charge is 0.333 e. The number of nitrogens with zero attached hydrogens (tertiary/aromatic N) is 5. The molecule has 0 spiro atoms. The van der Waals surface area contributed by atoms with Gasteiger partial charge in [0.1, 0.15) is 0 Å². The molecule has 8 rings (SSSR count). The first-order valence-corrected chi connectivity index (χ1v) is 20.7. The minimum absolute atomic E-state index is 0. The number of fused-ring (bicyclic) bond motifs is 4. The lowest BCUT2D eigenvalue weighted by Crippen LogP contribution is -2.21. The van der Waals surface area contributed by atoms with E-state index in [9.17, 15) is 26.9 Å². The molecule has 0 aliphatic carbocycles. The normalized spacial score (nSPS) is 11.1. The van der Waals surface area contributed by atoms with E-state index in [1.807, 2.05) is 88.5 Å². The van der Waals surface area contributed by atoms with Crippen LogP contribution in [0, 0.1) is 25.2 Å². The zero-order valence-corrected chi connectivity index (χ0v) is 35.3. The number of nitriles is 1. The van der Waals surface area contributed by atoms with E-state index in [1.165, 1.54) is 24.3 Å². The lowest BCUT2D eigenvalue weighted by atomic mass is 9.86. The number of aryl methyl sites for hydroxylation is 3. The van der Waals surface area contributed by atoms with Crippen LogP contribution in [-0.4, -0.2) is 61.5 Å². The summed E-state index contributed by atoms with van der Waals surface area (Å²) in [7, 11) is -6.28. The molecule has 8 aromatic rings. The summed E-state index contributed by atoms with van der Waals surface area (Å²) in [6, 6.07) is 38.2. The molecule has 0 radical (unpaired) electrons. The maximum Gasteiger partial charge on any atom is 0.333 e. The topological polar surface area (TPSA) is 280 Å². The predicted molar refractivity (Wildman–Crippen MR) is 236 cm³/mol. The SMILES string of the molecule is Cc1ccc(S(=O)(=O)O)cc1.Cc1ccc(S(=O)(=O)O)cc1.Cn1c(=O)n(-c2ccc(C(C)(C)C#N)cc2)c2c3cc(-c4cnc5ccccc5c4)ccc3ncc21.O.O.O. The number of hydrogen-bond donors (Lipinski definition) is 2. The van der Waals surface area contributed by atoms with Gasteiger partial charge >= 0.3 is 5.69 Å². The van der Waals surface area contributed by atoms with Gasteiger partial charge in [0.2, 0.25) is 0 Å². The Morgan fingerprint density at radius 3 is 1.70 bits per heavy atom. The summed E-state index contributed by atoms with van der Waals surface area (Å²) in [5.74, 6) is 0. The van der Waals surface area contributed by atoms with Gasteiger partial charge in [-0.2, -0.15) is 22.1 Å². The van der Waals surface area contributed by atoms with E-state index >= 15 is 0 Å². The van der Waals surface area contributed by atoms with E-state index in [0.717, 1.165) is 66.3 Å². The third-order valence-corrected chi connectivity index (χ3v) is 11.3. The average Bonchev–Trinajstić information content (AvgIpc) is 3.46. The Hall–Kier alpha value is -6.62. The lowest BCUT2D eigenvalue weighted by molar-refractivity contribution is 0.481. The number of para-hydroxylation sites is 1. The fourth-order valence-electron chi connectivity index (χ4n) is 6.16. The highest BCUT2D eigenvalue weighted by Gasteiger charge is 2.21. The summed E-state index contributed by atoms with van der Waals surface area (Å²) in [5, 5.41) is 11.5. The van der Waals surface area contributed by atoms with Crippen LogP contribution in [0.1, 0.15) is 30.5 Å². The maximum absolute atomic E-state index is 13.4. The van der Waals surface area contributed by atoms with Gasteiger partial charge in [-0.05, 0) is 99.5 Å². The van der Waals surface area contributed by atoms with Gasteiger partial charge in [-0.1, -0.05) is 71.8 Å². The molecule has 15 nitrogen and oxygen atoms in total. The van der Waals surface area contributed by atoms with Gasteiger partial charge < -0.3 is 16.4 Å². The molecule has 0 saturated carbocycles. The van der Waals surface area contributed by atoms with Crippen LogP contribution in [0.4, 0.5) is 0 Å². The van der Waals surface area contributed by atoms with Crippen LogP contribution < -0.4 is 5.69 Å². The second-order valence-electron chi connectivity index (χ2n) is 14.2. The van der Waals surface area contributed by atoms with Gasteiger partial charge in [-0.3, -0.25) is 28.2 Å². The van der Waals surface area contributed by atoms with Crippen molar-refractivity contribution in [2.45, 2.75) is 42.9 Å². The first-order valence-electron chi connectivity index (χ1n) is 17.8. The third kappa shape index (κ3) is 10.8. The molecule has 5 aromatic carbocycles. The molecule has 0 unspecified atom stereocenters. The van der Waals surface area contributed by atoms with E-state index in [4.69, 9.17) is 9.11 Å². The molecular formula is C44H45N5O10S2. The van der Waals surface area contributed by atoms with Gasteiger partial charge in [0.25, 0.3) is 20.2 Å². The van der Waals surface area contributed by atoms with Crippen molar-refractivity contribution in [2.24, 2.45) is 7.05 Å². The van der Waals surface area contributed by atoms with Gasteiger partial charge in [-0.25, -0.2) is 4.79 Å². The highest BCUT2D eigenvalue weighted by Crippen LogP contribution is 2.31. The molecule has 0 fully saturated rings. The molecular weight excluding hydrogens is 823 g/mol. The molecule has 318 valence electrons. The monoisotopic (exact) mass is 867 g/mol. The van der Waals surface area contributed by atoms with Crippen molar-refractivity contribution in [1.82, 2.24) is 19.1 Å². The first-order chi connectivity index (χ1) is 27.4.